The first-order valence-corrected chi connectivity index (χ1v) is 7.18. The molecule has 1 aromatic rings. The molecular formula is C12H16F3N3OS. The Bertz CT molecular complexity index is 481. The van der Waals surface area contributed by atoms with Gasteiger partial charge in [-0.3, -0.25) is 4.79 Å². The van der Waals surface area contributed by atoms with Crippen molar-refractivity contribution in [1.82, 2.24) is 9.88 Å². The lowest BCUT2D eigenvalue weighted by Gasteiger charge is -2.36. The number of halogens is 3. The number of aromatic nitrogens is 1. The molecule has 0 saturated carbocycles. The normalized spacial score (nSPS) is 17.4. The van der Waals surface area contributed by atoms with Gasteiger partial charge in [0.2, 0.25) is 5.91 Å². The second-order valence-corrected chi connectivity index (χ2v) is 5.70. The van der Waals surface area contributed by atoms with Crippen LogP contribution in [0.5, 0.6) is 0 Å². The van der Waals surface area contributed by atoms with E-state index < -0.39 is 11.9 Å². The van der Waals surface area contributed by atoms with Crippen molar-refractivity contribution >= 4 is 22.4 Å². The van der Waals surface area contributed by atoms with E-state index in [9.17, 15) is 18.0 Å². The SMILES string of the molecule is CC(=O)N(C)C1CCN(c2nc(C(F)(F)F)cs2)CC1. The van der Waals surface area contributed by atoms with Gasteiger partial charge in [0.05, 0.1) is 0 Å². The van der Waals surface area contributed by atoms with Crippen LogP contribution in [0.25, 0.3) is 0 Å². The average molecular weight is 307 g/mol. The number of alkyl halides is 3. The van der Waals surface area contributed by atoms with Crippen LogP contribution in [0.15, 0.2) is 5.38 Å². The second-order valence-electron chi connectivity index (χ2n) is 4.86. The van der Waals surface area contributed by atoms with Crippen molar-refractivity contribution in [3.63, 3.8) is 0 Å². The van der Waals surface area contributed by atoms with Crippen molar-refractivity contribution < 1.29 is 18.0 Å². The fourth-order valence-corrected chi connectivity index (χ4v) is 3.13. The molecule has 1 saturated heterocycles. The third kappa shape index (κ3) is 3.23. The van der Waals surface area contributed by atoms with Gasteiger partial charge in [-0.25, -0.2) is 4.98 Å². The molecule has 1 aliphatic rings. The van der Waals surface area contributed by atoms with E-state index >= 15 is 0 Å². The van der Waals surface area contributed by atoms with Crippen molar-refractivity contribution in [3.05, 3.63) is 11.1 Å². The molecule has 112 valence electrons. The lowest BCUT2D eigenvalue weighted by atomic mass is 10.0. The standard InChI is InChI=1S/C12H16F3N3OS/c1-8(19)17(2)9-3-5-18(6-4-9)11-16-10(7-20-11)12(13,14)15/h7,9H,3-6H2,1-2H3. The molecule has 2 heterocycles. The van der Waals surface area contributed by atoms with Crippen LogP contribution in [0.3, 0.4) is 0 Å². The minimum Gasteiger partial charge on any atom is -0.348 e. The number of carbonyl (C=O) groups is 1. The molecule has 0 aromatic carbocycles. The van der Waals surface area contributed by atoms with Gasteiger partial charge in [0.25, 0.3) is 0 Å². The molecule has 1 aliphatic heterocycles. The Labute approximate surface area is 119 Å². The van der Waals surface area contributed by atoms with Crippen LogP contribution >= 0.6 is 11.3 Å². The number of hydrogen-bond acceptors (Lipinski definition) is 4. The molecule has 1 amide bonds. The molecule has 0 radical (unpaired) electrons. The lowest BCUT2D eigenvalue weighted by Crippen LogP contribution is -2.45. The first-order chi connectivity index (χ1) is 9.29. The highest BCUT2D eigenvalue weighted by Gasteiger charge is 2.35. The van der Waals surface area contributed by atoms with E-state index in [4.69, 9.17) is 0 Å². The summed E-state index contributed by atoms with van der Waals surface area (Å²) in [6, 6.07) is 0.158. The van der Waals surface area contributed by atoms with Gasteiger partial charge < -0.3 is 9.80 Å². The molecule has 0 N–H and O–H groups in total. The zero-order chi connectivity index (χ0) is 14.9. The van der Waals surface area contributed by atoms with E-state index in [2.05, 4.69) is 4.98 Å². The number of piperidine rings is 1. The van der Waals surface area contributed by atoms with Crippen molar-refractivity contribution in [1.29, 1.82) is 0 Å². The first kappa shape index (κ1) is 15.1. The summed E-state index contributed by atoms with van der Waals surface area (Å²) in [6.45, 7) is 2.75. The molecule has 2 rings (SSSR count). The van der Waals surface area contributed by atoms with E-state index in [0.29, 0.717) is 18.2 Å². The molecule has 0 atom stereocenters. The summed E-state index contributed by atoms with van der Waals surface area (Å²) in [5.74, 6) is 0.0112. The van der Waals surface area contributed by atoms with E-state index in [-0.39, 0.29) is 11.9 Å². The lowest BCUT2D eigenvalue weighted by molar-refractivity contribution is -0.140. The fraction of sp³-hybridized carbons (Fsp3) is 0.667. The highest BCUT2D eigenvalue weighted by Crippen LogP contribution is 2.33. The van der Waals surface area contributed by atoms with Crippen LogP contribution in [0, 0.1) is 0 Å². The third-order valence-corrected chi connectivity index (χ3v) is 4.46. The Morgan fingerprint density at radius 1 is 1.45 bits per heavy atom. The van der Waals surface area contributed by atoms with E-state index in [1.165, 1.54) is 6.92 Å². The predicted molar refractivity (Wildman–Crippen MR) is 70.8 cm³/mol. The topological polar surface area (TPSA) is 36.4 Å². The van der Waals surface area contributed by atoms with Crippen LogP contribution < -0.4 is 4.90 Å². The van der Waals surface area contributed by atoms with Crippen LogP contribution in [0.1, 0.15) is 25.5 Å². The molecular weight excluding hydrogens is 291 g/mol. The van der Waals surface area contributed by atoms with Crippen molar-refractivity contribution in [2.75, 3.05) is 25.0 Å². The smallest absolute Gasteiger partial charge is 0.348 e. The van der Waals surface area contributed by atoms with Gasteiger partial charge >= 0.3 is 6.18 Å². The van der Waals surface area contributed by atoms with Crippen LogP contribution in [-0.4, -0.2) is 42.0 Å². The molecule has 1 fully saturated rings. The maximum atomic E-state index is 12.5. The maximum absolute atomic E-state index is 12.5. The van der Waals surface area contributed by atoms with Gasteiger partial charge in [0, 0.05) is 38.5 Å². The van der Waals surface area contributed by atoms with E-state index in [0.717, 1.165) is 29.6 Å². The Balaban J connectivity index is 1.97. The van der Waals surface area contributed by atoms with E-state index in [1.54, 1.807) is 11.9 Å². The molecule has 0 aliphatic carbocycles. The largest absolute Gasteiger partial charge is 0.434 e. The quantitative estimate of drug-likeness (QED) is 0.843. The molecule has 8 heteroatoms. The Hall–Kier alpha value is -1.31. The minimum absolute atomic E-state index is 0.0112. The van der Waals surface area contributed by atoms with Gasteiger partial charge in [-0.05, 0) is 12.8 Å². The summed E-state index contributed by atoms with van der Waals surface area (Å²) in [7, 11) is 1.76. The molecule has 0 unspecified atom stereocenters. The van der Waals surface area contributed by atoms with Gasteiger partial charge in [0.1, 0.15) is 0 Å². The number of carbonyl (C=O) groups excluding carboxylic acids is 1. The number of anilines is 1. The number of rotatable bonds is 2. The fourth-order valence-electron chi connectivity index (χ4n) is 2.24. The molecule has 0 bridgehead atoms. The van der Waals surface area contributed by atoms with Crippen molar-refractivity contribution in [2.45, 2.75) is 32.0 Å². The summed E-state index contributed by atoms with van der Waals surface area (Å²) in [5.41, 5.74) is -0.833. The van der Waals surface area contributed by atoms with Crippen LogP contribution in [0.4, 0.5) is 18.3 Å². The second kappa shape index (κ2) is 5.59. The molecule has 1 aromatic heterocycles. The average Bonchev–Trinajstić information content (AvgIpc) is 2.87. The molecule has 4 nitrogen and oxygen atoms in total. The van der Waals surface area contributed by atoms with Gasteiger partial charge in [0.15, 0.2) is 10.8 Å². The van der Waals surface area contributed by atoms with E-state index in [1.807, 2.05) is 4.90 Å². The van der Waals surface area contributed by atoms with Crippen molar-refractivity contribution in [2.24, 2.45) is 0 Å². The number of thiazole rings is 1. The summed E-state index contributed by atoms with van der Waals surface area (Å²) in [6.07, 6.45) is -2.89. The first-order valence-electron chi connectivity index (χ1n) is 6.30. The number of hydrogen-bond donors (Lipinski definition) is 0. The monoisotopic (exact) mass is 307 g/mol. The molecule has 0 spiro atoms. The zero-order valence-corrected chi connectivity index (χ0v) is 12.1. The number of nitrogens with zero attached hydrogens (tertiary/aromatic N) is 3. The third-order valence-electron chi connectivity index (χ3n) is 3.56. The predicted octanol–water partition coefficient (Wildman–Crippen LogP) is 2.61. The van der Waals surface area contributed by atoms with Crippen molar-refractivity contribution in [3.8, 4) is 0 Å². The maximum Gasteiger partial charge on any atom is 0.434 e. The summed E-state index contributed by atoms with van der Waals surface area (Å²) in [4.78, 5) is 18.5. The number of amides is 1. The van der Waals surface area contributed by atoms with Gasteiger partial charge in [-0.15, -0.1) is 11.3 Å². The Kier molecular flexibility index (Phi) is 4.22. The Morgan fingerprint density at radius 3 is 2.50 bits per heavy atom. The highest BCUT2D eigenvalue weighted by atomic mass is 32.1. The minimum atomic E-state index is -4.39. The summed E-state index contributed by atoms with van der Waals surface area (Å²) < 4.78 is 37.5. The highest BCUT2D eigenvalue weighted by molar-refractivity contribution is 7.13. The molecule has 20 heavy (non-hydrogen) atoms. The summed E-state index contributed by atoms with van der Waals surface area (Å²) in [5, 5.41) is 1.45. The zero-order valence-electron chi connectivity index (χ0n) is 11.3. The van der Waals surface area contributed by atoms with Gasteiger partial charge in [-0.2, -0.15) is 13.2 Å². The van der Waals surface area contributed by atoms with Crippen LogP contribution in [-0.2, 0) is 11.0 Å². The Morgan fingerprint density at radius 2 is 2.05 bits per heavy atom. The summed E-state index contributed by atoms with van der Waals surface area (Å²) >= 11 is 1.01. The van der Waals surface area contributed by atoms with Gasteiger partial charge in [-0.1, -0.05) is 0 Å². The van der Waals surface area contributed by atoms with Crippen LogP contribution in [0.2, 0.25) is 0 Å².